The molecule has 1 heterocycles. The first-order valence-corrected chi connectivity index (χ1v) is 10.8. The van der Waals surface area contributed by atoms with Gasteiger partial charge < -0.3 is 24.8 Å². The van der Waals surface area contributed by atoms with Gasteiger partial charge in [0.1, 0.15) is 23.6 Å². The number of allylic oxidation sites excluding steroid dienone is 1. The molecule has 178 valence electrons. The van der Waals surface area contributed by atoms with E-state index in [1.54, 1.807) is 36.4 Å². The van der Waals surface area contributed by atoms with Gasteiger partial charge in [-0.2, -0.15) is 10.2 Å². The maximum atomic E-state index is 12.2. The van der Waals surface area contributed by atoms with Crippen molar-refractivity contribution in [3.8, 4) is 34.7 Å². The maximum absolute atomic E-state index is 12.2. The van der Waals surface area contributed by atoms with E-state index in [4.69, 9.17) is 24.8 Å². The zero-order chi connectivity index (χ0) is 25.1. The molecule has 1 unspecified atom stereocenters. The van der Waals surface area contributed by atoms with E-state index < -0.39 is 24.4 Å². The molecule has 0 bridgehead atoms. The van der Waals surface area contributed by atoms with Gasteiger partial charge >= 0.3 is 11.9 Å². The van der Waals surface area contributed by atoms with Crippen molar-refractivity contribution in [2.24, 2.45) is 5.73 Å². The summed E-state index contributed by atoms with van der Waals surface area (Å²) in [5.74, 6) is -0.658. The number of hydrogen-bond acceptors (Lipinski definition) is 9. The standard InChI is InChI=1S/C25H22N4O6/c1-13(2)33-20-8-6-14(10-15(20)12-26)24-28-23(29-35-24)18-5-3-4-17-16(18)7-9-21(17)34-25(32)19(27)11-22(30)31/h3-6,8-10,13,19H,7,11,27H2,1-2H3,(H,30,31). The van der Waals surface area contributed by atoms with E-state index in [-0.39, 0.29) is 12.0 Å². The quantitative estimate of drug-likeness (QED) is 0.463. The van der Waals surface area contributed by atoms with Crippen LogP contribution in [0.2, 0.25) is 0 Å². The number of hydrogen-bond donors (Lipinski definition) is 2. The second-order valence-corrected chi connectivity index (χ2v) is 8.14. The lowest BCUT2D eigenvalue weighted by Gasteiger charge is -2.12. The third kappa shape index (κ3) is 5.05. The molecule has 1 aliphatic rings. The predicted molar refractivity (Wildman–Crippen MR) is 124 cm³/mol. The normalized spacial score (nSPS) is 13.1. The molecule has 3 N–H and O–H groups in total. The molecule has 0 amide bonds. The molecule has 0 saturated carbocycles. The molecule has 35 heavy (non-hydrogen) atoms. The van der Waals surface area contributed by atoms with E-state index in [2.05, 4.69) is 16.2 Å². The third-order valence-corrected chi connectivity index (χ3v) is 5.22. The SMILES string of the molecule is CC(C)Oc1ccc(-c2nc(-c3cccc4c3CC=C4OC(=O)C(N)CC(=O)O)no2)cc1C#N. The Bertz CT molecular complexity index is 1370. The van der Waals surface area contributed by atoms with Gasteiger partial charge in [-0.05, 0) is 50.1 Å². The maximum Gasteiger partial charge on any atom is 0.328 e. The highest BCUT2D eigenvalue weighted by Gasteiger charge is 2.26. The van der Waals surface area contributed by atoms with Crippen LogP contribution in [0.4, 0.5) is 0 Å². The van der Waals surface area contributed by atoms with Crippen LogP contribution in [0.5, 0.6) is 5.75 Å². The summed E-state index contributed by atoms with van der Waals surface area (Å²) in [4.78, 5) is 27.5. The summed E-state index contributed by atoms with van der Waals surface area (Å²) in [6, 6.07) is 11.3. The van der Waals surface area contributed by atoms with Crippen molar-refractivity contribution in [1.29, 1.82) is 5.26 Å². The summed E-state index contributed by atoms with van der Waals surface area (Å²) >= 11 is 0. The Hall–Kier alpha value is -4.49. The number of carboxylic acids is 1. The highest BCUT2D eigenvalue weighted by Crippen LogP contribution is 2.36. The second-order valence-electron chi connectivity index (χ2n) is 8.14. The zero-order valence-electron chi connectivity index (χ0n) is 19.0. The van der Waals surface area contributed by atoms with E-state index >= 15 is 0 Å². The van der Waals surface area contributed by atoms with Crippen molar-refractivity contribution >= 4 is 17.7 Å². The highest BCUT2D eigenvalue weighted by molar-refractivity contribution is 5.88. The zero-order valence-corrected chi connectivity index (χ0v) is 19.0. The number of carbonyl (C=O) groups excluding carboxylic acids is 1. The molecule has 0 fully saturated rings. The average Bonchev–Trinajstić information content (AvgIpc) is 3.46. The summed E-state index contributed by atoms with van der Waals surface area (Å²) in [5, 5.41) is 22.4. The fourth-order valence-electron chi connectivity index (χ4n) is 3.66. The van der Waals surface area contributed by atoms with Crippen LogP contribution >= 0.6 is 0 Å². The summed E-state index contributed by atoms with van der Waals surface area (Å²) in [7, 11) is 0. The Morgan fingerprint density at radius 2 is 2.03 bits per heavy atom. The van der Waals surface area contributed by atoms with Gasteiger partial charge in [0, 0.05) is 16.7 Å². The lowest BCUT2D eigenvalue weighted by Crippen LogP contribution is -2.34. The molecule has 0 radical (unpaired) electrons. The Morgan fingerprint density at radius 1 is 1.26 bits per heavy atom. The van der Waals surface area contributed by atoms with Gasteiger partial charge in [-0.1, -0.05) is 23.4 Å². The first-order valence-electron chi connectivity index (χ1n) is 10.8. The number of aliphatic carboxylic acids is 1. The topological polar surface area (TPSA) is 162 Å². The summed E-state index contributed by atoms with van der Waals surface area (Å²) in [6.45, 7) is 3.76. The number of carbonyl (C=O) groups is 2. The Labute approximate surface area is 200 Å². The van der Waals surface area contributed by atoms with Gasteiger partial charge in [-0.25, -0.2) is 4.79 Å². The Balaban J connectivity index is 1.58. The summed E-state index contributed by atoms with van der Waals surface area (Å²) < 4.78 is 16.5. The van der Waals surface area contributed by atoms with Crippen LogP contribution in [0.15, 0.2) is 47.0 Å². The minimum Gasteiger partial charge on any atom is -0.490 e. The van der Waals surface area contributed by atoms with Crippen molar-refractivity contribution in [3.63, 3.8) is 0 Å². The number of nitrogens with two attached hydrogens (primary N) is 1. The second kappa shape index (κ2) is 9.79. The van der Waals surface area contributed by atoms with E-state index in [1.807, 2.05) is 19.9 Å². The number of carboxylic acid groups (broad SMARTS) is 1. The molecule has 4 rings (SSSR count). The number of aromatic nitrogens is 2. The van der Waals surface area contributed by atoms with Crippen LogP contribution < -0.4 is 10.5 Å². The molecule has 2 aromatic carbocycles. The van der Waals surface area contributed by atoms with Crippen molar-refractivity contribution in [3.05, 3.63) is 59.2 Å². The van der Waals surface area contributed by atoms with Crippen molar-refractivity contribution in [2.75, 3.05) is 0 Å². The highest BCUT2D eigenvalue weighted by atomic mass is 16.5. The monoisotopic (exact) mass is 474 g/mol. The minimum atomic E-state index is -1.27. The first-order chi connectivity index (χ1) is 16.8. The van der Waals surface area contributed by atoms with Gasteiger partial charge in [0.2, 0.25) is 5.82 Å². The van der Waals surface area contributed by atoms with Crippen molar-refractivity contribution in [2.45, 2.75) is 38.8 Å². The first kappa shape index (κ1) is 23.7. The van der Waals surface area contributed by atoms with Crippen molar-refractivity contribution in [1.82, 2.24) is 10.1 Å². The molecule has 0 aliphatic heterocycles. The van der Waals surface area contributed by atoms with Gasteiger partial charge in [-0.3, -0.25) is 4.79 Å². The van der Waals surface area contributed by atoms with Gasteiger partial charge in [0.05, 0.1) is 18.1 Å². The molecule has 1 atom stereocenters. The van der Waals surface area contributed by atoms with Crippen LogP contribution in [0.1, 0.15) is 37.0 Å². The number of nitrogens with zero attached hydrogens (tertiary/aromatic N) is 3. The van der Waals surface area contributed by atoms with E-state index in [1.165, 1.54) is 0 Å². The lowest BCUT2D eigenvalue weighted by atomic mass is 10.0. The van der Waals surface area contributed by atoms with Crippen LogP contribution in [0, 0.1) is 11.3 Å². The number of nitriles is 1. The molecule has 10 heteroatoms. The fraction of sp³-hybridized carbons (Fsp3) is 0.240. The Morgan fingerprint density at radius 3 is 2.74 bits per heavy atom. The Kier molecular flexibility index (Phi) is 6.62. The van der Waals surface area contributed by atoms with Crippen LogP contribution in [-0.4, -0.2) is 39.3 Å². The van der Waals surface area contributed by atoms with Crippen LogP contribution in [0.3, 0.4) is 0 Å². The molecular formula is C25H22N4O6. The molecule has 3 aromatic rings. The molecule has 0 saturated heterocycles. The summed E-state index contributed by atoms with van der Waals surface area (Å²) in [5.41, 5.74) is 8.71. The van der Waals surface area contributed by atoms with E-state index in [0.717, 1.165) is 5.56 Å². The van der Waals surface area contributed by atoms with Crippen LogP contribution in [-0.2, 0) is 20.7 Å². The minimum absolute atomic E-state index is 0.0752. The molecule has 10 nitrogen and oxygen atoms in total. The average molecular weight is 474 g/mol. The number of fused-ring (bicyclic) bond motifs is 1. The fourth-order valence-corrected chi connectivity index (χ4v) is 3.66. The lowest BCUT2D eigenvalue weighted by molar-refractivity contribution is -0.144. The third-order valence-electron chi connectivity index (χ3n) is 5.22. The van der Waals surface area contributed by atoms with Crippen molar-refractivity contribution < 1.29 is 28.7 Å². The smallest absolute Gasteiger partial charge is 0.328 e. The summed E-state index contributed by atoms with van der Waals surface area (Å²) in [6.07, 6.45) is 1.57. The molecule has 0 spiro atoms. The number of esters is 1. The molecule has 1 aromatic heterocycles. The molecular weight excluding hydrogens is 452 g/mol. The van der Waals surface area contributed by atoms with Gasteiger partial charge in [-0.15, -0.1) is 0 Å². The number of rotatable bonds is 8. The van der Waals surface area contributed by atoms with Gasteiger partial charge in [0.25, 0.3) is 5.89 Å². The van der Waals surface area contributed by atoms with Gasteiger partial charge in [0.15, 0.2) is 0 Å². The van der Waals surface area contributed by atoms with Crippen LogP contribution in [0.25, 0.3) is 28.6 Å². The number of benzene rings is 2. The van der Waals surface area contributed by atoms with E-state index in [0.29, 0.717) is 46.0 Å². The molecule has 1 aliphatic carbocycles. The predicted octanol–water partition coefficient (Wildman–Crippen LogP) is 3.30. The largest absolute Gasteiger partial charge is 0.490 e. The van der Waals surface area contributed by atoms with E-state index in [9.17, 15) is 14.9 Å². The number of ether oxygens (including phenoxy) is 2.